The van der Waals surface area contributed by atoms with Gasteiger partial charge >= 0.3 is 0 Å². The molecular weight excluding hydrogens is 496 g/mol. The Morgan fingerprint density at radius 2 is 1.75 bits per heavy atom. The first-order chi connectivity index (χ1) is 19.4. The van der Waals surface area contributed by atoms with Crippen LogP contribution in [0.1, 0.15) is 48.8 Å². The van der Waals surface area contributed by atoms with Crippen LogP contribution < -0.4 is 16.0 Å². The molecule has 0 aliphatic heterocycles. The highest BCUT2D eigenvalue weighted by atomic mass is 16.5. The molecule has 1 fully saturated rings. The van der Waals surface area contributed by atoms with Crippen molar-refractivity contribution in [3.8, 4) is 0 Å². The van der Waals surface area contributed by atoms with Gasteiger partial charge in [-0.2, -0.15) is 0 Å². The van der Waals surface area contributed by atoms with E-state index in [0.29, 0.717) is 12.5 Å². The lowest BCUT2D eigenvalue weighted by molar-refractivity contribution is -0.126. The van der Waals surface area contributed by atoms with Gasteiger partial charge in [-0.05, 0) is 50.8 Å². The summed E-state index contributed by atoms with van der Waals surface area (Å²) in [4.78, 5) is 14.6. The van der Waals surface area contributed by atoms with Crippen molar-refractivity contribution >= 4 is 5.91 Å². The van der Waals surface area contributed by atoms with Crippen LogP contribution in [0.15, 0.2) is 84.9 Å². The van der Waals surface area contributed by atoms with Crippen molar-refractivity contribution in [1.29, 1.82) is 0 Å². The standard InChI is InChI=1S/C34H48N4O2/c1-6-32(38(5)22-21-28-13-9-7-10-14-28)31(23-29-19-17-26(2)18-20-29)36-27(3)25-40-34(37-33(39)24-35-4)30-15-11-8-12-16-30/h7,9-10,13-14,17-20,30-31,34-36H,1,3,8,11-12,15-16,21-25H2,2,4-5H3,(H,37,39). The van der Waals surface area contributed by atoms with E-state index < -0.39 is 0 Å². The maximum absolute atomic E-state index is 12.4. The summed E-state index contributed by atoms with van der Waals surface area (Å²) in [5.74, 6) is 0.268. The van der Waals surface area contributed by atoms with Crippen LogP contribution in [0.5, 0.6) is 0 Å². The molecule has 1 amide bonds. The fourth-order valence-electron chi connectivity index (χ4n) is 5.34. The van der Waals surface area contributed by atoms with Crippen molar-refractivity contribution < 1.29 is 9.53 Å². The maximum atomic E-state index is 12.4. The van der Waals surface area contributed by atoms with Gasteiger partial charge in [0.25, 0.3) is 0 Å². The lowest BCUT2D eigenvalue weighted by Gasteiger charge is -2.32. The number of nitrogens with zero attached hydrogens (tertiary/aromatic N) is 1. The van der Waals surface area contributed by atoms with Crippen LogP contribution in [0.4, 0.5) is 0 Å². The first-order valence-electron chi connectivity index (χ1n) is 14.6. The lowest BCUT2D eigenvalue weighted by atomic mass is 9.88. The number of ether oxygens (including phenoxy) is 1. The molecular formula is C34H48N4O2. The van der Waals surface area contributed by atoms with Crippen LogP contribution in [-0.2, 0) is 22.4 Å². The lowest BCUT2D eigenvalue weighted by Crippen LogP contribution is -2.46. The Hall–Kier alpha value is -3.31. The number of amides is 1. The molecule has 40 heavy (non-hydrogen) atoms. The molecule has 0 radical (unpaired) electrons. The Labute approximate surface area is 241 Å². The number of likely N-dealkylation sites (N-methyl/N-ethyl adjacent to an activating group) is 2. The van der Waals surface area contributed by atoms with E-state index in [1.54, 1.807) is 7.05 Å². The average Bonchev–Trinajstić information content (AvgIpc) is 2.96. The molecule has 0 spiro atoms. The third-order valence-electron chi connectivity index (χ3n) is 7.60. The van der Waals surface area contributed by atoms with Crippen molar-refractivity contribution in [3.63, 3.8) is 0 Å². The quantitative estimate of drug-likeness (QED) is 0.202. The van der Waals surface area contributed by atoms with Crippen molar-refractivity contribution in [2.24, 2.45) is 5.92 Å². The third kappa shape index (κ3) is 10.3. The van der Waals surface area contributed by atoms with Gasteiger partial charge in [-0.25, -0.2) is 0 Å². The zero-order valence-corrected chi connectivity index (χ0v) is 24.7. The van der Waals surface area contributed by atoms with Gasteiger partial charge in [0.05, 0.1) is 24.9 Å². The monoisotopic (exact) mass is 544 g/mol. The molecule has 1 aliphatic carbocycles. The molecule has 1 aliphatic rings. The molecule has 0 bridgehead atoms. The number of hydrogen-bond donors (Lipinski definition) is 3. The summed E-state index contributed by atoms with van der Waals surface area (Å²) in [6.07, 6.45) is 7.10. The first kappa shape index (κ1) is 31.2. The molecule has 216 valence electrons. The van der Waals surface area contributed by atoms with Crippen LogP contribution >= 0.6 is 0 Å². The molecule has 2 unspecified atom stereocenters. The van der Waals surface area contributed by atoms with E-state index in [0.717, 1.165) is 43.6 Å². The molecule has 6 nitrogen and oxygen atoms in total. The van der Waals surface area contributed by atoms with E-state index in [9.17, 15) is 4.79 Å². The van der Waals surface area contributed by atoms with Crippen molar-refractivity contribution in [3.05, 3.63) is 102 Å². The smallest absolute Gasteiger partial charge is 0.235 e. The zero-order chi connectivity index (χ0) is 28.7. The third-order valence-corrected chi connectivity index (χ3v) is 7.60. The highest BCUT2D eigenvalue weighted by Gasteiger charge is 2.26. The van der Waals surface area contributed by atoms with Gasteiger partial charge in [-0.15, -0.1) is 5.73 Å². The van der Waals surface area contributed by atoms with Gasteiger partial charge in [-0.3, -0.25) is 4.79 Å². The molecule has 0 saturated heterocycles. The van der Waals surface area contributed by atoms with E-state index in [1.807, 2.05) is 6.07 Å². The number of aryl methyl sites for hydroxylation is 1. The number of hydrogen-bond acceptors (Lipinski definition) is 5. The number of rotatable bonds is 16. The Kier molecular flexibility index (Phi) is 13.0. The minimum Gasteiger partial charge on any atom is -0.378 e. The Morgan fingerprint density at radius 1 is 1.05 bits per heavy atom. The average molecular weight is 545 g/mol. The van der Waals surface area contributed by atoms with Gasteiger partial charge in [0.2, 0.25) is 5.91 Å². The highest BCUT2D eigenvalue weighted by Crippen LogP contribution is 2.27. The summed E-state index contributed by atoms with van der Waals surface area (Å²) in [5, 5.41) is 9.64. The fourth-order valence-corrected chi connectivity index (χ4v) is 5.34. The van der Waals surface area contributed by atoms with Crippen LogP contribution in [0, 0.1) is 12.8 Å². The summed E-state index contributed by atoms with van der Waals surface area (Å²) in [6.45, 7) is 11.9. The fraction of sp³-hybridized carbons (Fsp3) is 0.471. The van der Waals surface area contributed by atoms with E-state index in [2.05, 4.69) is 102 Å². The van der Waals surface area contributed by atoms with Gasteiger partial charge in [-0.1, -0.05) is 92.6 Å². The van der Waals surface area contributed by atoms with Crippen LogP contribution in [0.25, 0.3) is 0 Å². The predicted octanol–water partition coefficient (Wildman–Crippen LogP) is 5.11. The van der Waals surface area contributed by atoms with E-state index in [4.69, 9.17) is 4.74 Å². The van der Waals surface area contributed by atoms with Crippen molar-refractivity contribution in [2.45, 2.75) is 64.1 Å². The molecule has 2 aromatic rings. The topological polar surface area (TPSA) is 65.6 Å². The van der Waals surface area contributed by atoms with Gasteiger partial charge < -0.3 is 25.6 Å². The van der Waals surface area contributed by atoms with E-state index >= 15 is 0 Å². The largest absolute Gasteiger partial charge is 0.378 e. The second kappa shape index (κ2) is 16.7. The summed E-state index contributed by atoms with van der Waals surface area (Å²) >= 11 is 0. The second-order valence-electron chi connectivity index (χ2n) is 10.9. The number of carbonyl (C=O) groups is 1. The number of benzene rings is 2. The number of carbonyl (C=O) groups excluding carboxylic acids is 1. The minimum absolute atomic E-state index is 0.0502. The summed E-state index contributed by atoms with van der Waals surface area (Å²) in [7, 11) is 3.87. The Balaban J connectivity index is 1.69. The second-order valence-corrected chi connectivity index (χ2v) is 10.9. The predicted molar refractivity (Wildman–Crippen MR) is 165 cm³/mol. The van der Waals surface area contributed by atoms with E-state index in [-0.39, 0.29) is 24.7 Å². The Bertz CT molecular complexity index is 1100. The summed E-state index contributed by atoms with van der Waals surface area (Å²) in [6, 6.07) is 19.1. The maximum Gasteiger partial charge on any atom is 0.235 e. The molecule has 6 heteroatoms. The van der Waals surface area contributed by atoms with Crippen LogP contribution in [0.2, 0.25) is 0 Å². The summed E-state index contributed by atoms with van der Waals surface area (Å²) < 4.78 is 6.33. The molecule has 3 N–H and O–H groups in total. The van der Waals surface area contributed by atoms with Gasteiger partial charge in [0, 0.05) is 25.2 Å². The molecule has 2 aromatic carbocycles. The molecule has 0 heterocycles. The van der Waals surface area contributed by atoms with Crippen LogP contribution in [-0.4, -0.2) is 56.9 Å². The summed E-state index contributed by atoms with van der Waals surface area (Å²) in [5.41, 5.74) is 8.73. The van der Waals surface area contributed by atoms with Gasteiger partial charge in [0.1, 0.15) is 6.23 Å². The minimum atomic E-state index is -0.321. The molecule has 0 aromatic heterocycles. The normalized spacial score (nSPS) is 15.0. The van der Waals surface area contributed by atoms with Crippen LogP contribution in [0.3, 0.4) is 0 Å². The molecule has 2 atom stereocenters. The number of nitrogens with one attached hydrogen (secondary N) is 3. The van der Waals surface area contributed by atoms with Crippen molar-refractivity contribution in [2.75, 3.05) is 33.8 Å². The highest BCUT2D eigenvalue weighted by molar-refractivity contribution is 5.78. The zero-order valence-electron chi connectivity index (χ0n) is 24.7. The SMILES string of the molecule is C=C=C(C(Cc1ccc(C)cc1)NC(=C)COC(NC(=O)CNC)C1CCCCC1)N(C)CCc1ccccc1. The Morgan fingerprint density at radius 3 is 2.40 bits per heavy atom. The molecule has 1 saturated carbocycles. The first-order valence-corrected chi connectivity index (χ1v) is 14.6. The molecule has 3 rings (SSSR count). The van der Waals surface area contributed by atoms with Gasteiger partial charge in [0.15, 0.2) is 0 Å². The van der Waals surface area contributed by atoms with E-state index in [1.165, 1.54) is 36.0 Å². The van der Waals surface area contributed by atoms with Crippen molar-refractivity contribution in [1.82, 2.24) is 20.9 Å².